The van der Waals surface area contributed by atoms with E-state index in [2.05, 4.69) is 9.97 Å². The largest absolute Gasteiger partial charge is 0.497 e. The average Bonchev–Trinajstić information content (AvgIpc) is 2.38. The van der Waals surface area contributed by atoms with Gasteiger partial charge in [-0.1, -0.05) is 19.1 Å². The standard InChI is InChI=1S/C13H14N2OS/c1-3-12-14-11(8-13(17)15-12)9-4-6-10(16-2)7-5-9/h4-8H,3H2,1-2H3,(H,14,15,17). The van der Waals surface area contributed by atoms with Gasteiger partial charge in [0.1, 0.15) is 16.2 Å². The Balaban J connectivity index is 2.44. The van der Waals surface area contributed by atoms with Gasteiger partial charge in [0.05, 0.1) is 7.11 Å². The summed E-state index contributed by atoms with van der Waals surface area (Å²) in [6.07, 6.45) is 0.841. The van der Waals surface area contributed by atoms with Crippen molar-refractivity contribution in [1.29, 1.82) is 0 Å². The first-order valence-electron chi connectivity index (χ1n) is 5.47. The Hall–Kier alpha value is -1.68. The molecule has 4 heteroatoms. The summed E-state index contributed by atoms with van der Waals surface area (Å²) in [5.74, 6) is 1.75. The van der Waals surface area contributed by atoms with E-state index in [1.54, 1.807) is 7.11 Å². The minimum Gasteiger partial charge on any atom is -0.497 e. The van der Waals surface area contributed by atoms with Crippen molar-refractivity contribution in [3.05, 3.63) is 40.8 Å². The molecule has 0 radical (unpaired) electrons. The van der Waals surface area contributed by atoms with Gasteiger partial charge in [0.25, 0.3) is 0 Å². The van der Waals surface area contributed by atoms with E-state index in [9.17, 15) is 0 Å². The van der Waals surface area contributed by atoms with Gasteiger partial charge in [0.2, 0.25) is 0 Å². The van der Waals surface area contributed by atoms with Crippen LogP contribution in [0.3, 0.4) is 0 Å². The number of hydrogen-bond donors (Lipinski definition) is 1. The lowest BCUT2D eigenvalue weighted by atomic mass is 10.1. The Kier molecular flexibility index (Phi) is 3.54. The minimum absolute atomic E-state index is 0.617. The molecule has 0 bridgehead atoms. The van der Waals surface area contributed by atoms with Crippen LogP contribution in [0.1, 0.15) is 12.7 Å². The van der Waals surface area contributed by atoms with Crippen LogP contribution in [0.25, 0.3) is 11.3 Å². The quantitative estimate of drug-likeness (QED) is 0.844. The van der Waals surface area contributed by atoms with E-state index in [0.717, 1.165) is 29.3 Å². The van der Waals surface area contributed by atoms with Gasteiger partial charge < -0.3 is 9.72 Å². The summed E-state index contributed by atoms with van der Waals surface area (Å²) in [4.78, 5) is 7.52. The van der Waals surface area contributed by atoms with Crippen LogP contribution in [0.2, 0.25) is 0 Å². The van der Waals surface area contributed by atoms with Crippen molar-refractivity contribution in [3.63, 3.8) is 0 Å². The summed E-state index contributed by atoms with van der Waals surface area (Å²) in [6, 6.07) is 9.73. The molecule has 0 aliphatic rings. The summed E-state index contributed by atoms with van der Waals surface area (Å²) < 4.78 is 5.75. The third-order valence-corrected chi connectivity index (χ3v) is 2.74. The maximum Gasteiger partial charge on any atom is 0.130 e. The summed E-state index contributed by atoms with van der Waals surface area (Å²) in [6.45, 7) is 2.05. The highest BCUT2D eigenvalue weighted by Crippen LogP contribution is 2.20. The van der Waals surface area contributed by atoms with Gasteiger partial charge in [0.15, 0.2) is 0 Å². The molecule has 0 aliphatic heterocycles. The first kappa shape index (κ1) is 11.8. The second kappa shape index (κ2) is 5.10. The molecule has 17 heavy (non-hydrogen) atoms. The molecule has 0 saturated heterocycles. The number of H-pyrrole nitrogens is 1. The van der Waals surface area contributed by atoms with E-state index < -0.39 is 0 Å². The number of aromatic amines is 1. The van der Waals surface area contributed by atoms with Crippen LogP contribution in [-0.4, -0.2) is 17.1 Å². The molecule has 1 heterocycles. The number of nitrogens with one attached hydrogen (secondary N) is 1. The predicted octanol–water partition coefficient (Wildman–Crippen LogP) is 3.38. The van der Waals surface area contributed by atoms with Crippen LogP contribution in [-0.2, 0) is 6.42 Å². The van der Waals surface area contributed by atoms with Crippen molar-refractivity contribution in [2.75, 3.05) is 7.11 Å². The molecule has 0 spiro atoms. The topological polar surface area (TPSA) is 37.9 Å². The first-order valence-corrected chi connectivity index (χ1v) is 5.88. The SMILES string of the molecule is CCc1nc(=S)cc(-c2ccc(OC)cc2)[nH]1. The number of aromatic nitrogens is 2. The maximum absolute atomic E-state index is 5.15. The number of ether oxygens (including phenoxy) is 1. The number of nitrogens with zero attached hydrogens (tertiary/aromatic N) is 1. The van der Waals surface area contributed by atoms with E-state index in [-0.39, 0.29) is 0 Å². The lowest BCUT2D eigenvalue weighted by molar-refractivity contribution is 0.415. The summed E-state index contributed by atoms with van der Waals surface area (Å²) >= 11 is 5.15. The van der Waals surface area contributed by atoms with E-state index in [0.29, 0.717) is 4.64 Å². The van der Waals surface area contributed by atoms with Crippen molar-refractivity contribution in [1.82, 2.24) is 9.97 Å². The molecule has 1 N–H and O–H groups in total. The number of hydrogen-bond acceptors (Lipinski definition) is 3. The lowest BCUT2D eigenvalue weighted by Gasteiger charge is -2.05. The number of rotatable bonds is 3. The first-order chi connectivity index (χ1) is 8.22. The Labute approximate surface area is 105 Å². The molecule has 0 amide bonds. The molecule has 2 aromatic rings. The molecule has 0 unspecified atom stereocenters. The molecule has 0 atom stereocenters. The van der Waals surface area contributed by atoms with Gasteiger partial charge in [-0.25, -0.2) is 4.98 Å². The van der Waals surface area contributed by atoms with Gasteiger partial charge in [-0.2, -0.15) is 0 Å². The zero-order valence-electron chi connectivity index (χ0n) is 9.86. The van der Waals surface area contributed by atoms with E-state index in [4.69, 9.17) is 17.0 Å². The summed E-state index contributed by atoms with van der Waals surface area (Å²) in [5.41, 5.74) is 2.07. The van der Waals surface area contributed by atoms with E-state index in [1.807, 2.05) is 37.3 Å². The van der Waals surface area contributed by atoms with Gasteiger partial charge in [-0.05, 0) is 35.9 Å². The van der Waals surface area contributed by atoms with Crippen LogP contribution >= 0.6 is 12.2 Å². The lowest BCUT2D eigenvalue weighted by Crippen LogP contribution is -1.95. The number of benzene rings is 1. The predicted molar refractivity (Wildman–Crippen MR) is 70.8 cm³/mol. The maximum atomic E-state index is 5.15. The van der Waals surface area contributed by atoms with Crippen molar-refractivity contribution in [2.24, 2.45) is 0 Å². The normalized spacial score (nSPS) is 10.2. The molecular formula is C13H14N2OS. The van der Waals surface area contributed by atoms with Crippen LogP contribution in [0, 0.1) is 4.64 Å². The Morgan fingerprint density at radius 1 is 1.29 bits per heavy atom. The van der Waals surface area contributed by atoms with Gasteiger partial charge >= 0.3 is 0 Å². The summed E-state index contributed by atoms with van der Waals surface area (Å²) in [7, 11) is 1.66. The zero-order chi connectivity index (χ0) is 12.3. The van der Waals surface area contributed by atoms with Gasteiger partial charge in [0, 0.05) is 12.1 Å². The third-order valence-electron chi connectivity index (χ3n) is 2.53. The molecular weight excluding hydrogens is 232 g/mol. The third kappa shape index (κ3) is 2.71. The molecule has 3 nitrogen and oxygen atoms in total. The van der Waals surface area contributed by atoms with Gasteiger partial charge in [-0.15, -0.1) is 0 Å². The molecule has 1 aromatic carbocycles. The molecule has 0 saturated carbocycles. The van der Waals surface area contributed by atoms with Crippen LogP contribution in [0.15, 0.2) is 30.3 Å². The van der Waals surface area contributed by atoms with Crippen molar-refractivity contribution < 1.29 is 4.74 Å². The summed E-state index contributed by atoms with van der Waals surface area (Å²) in [5, 5.41) is 0. The van der Waals surface area contributed by atoms with Crippen molar-refractivity contribution >= 4 is 12.2 Å². The highest BCUT2D eigenvalue weighted by atomic mass is 32.1. The molecule has 88 valence electrons. The molecule has 0 aliphatic carbocycles. The Morgan fingerprint density at radius 3 is 2.59 bits per heavy atom. The Bertz CT molecular complexity index is 560. The average molecular weight is 246 g/mol. The molecule has 2 rings (SSSR count). The van der Waals surface area contributed by atoms with E-state index >= 15 is 0 Å². The zero-order valence-corrected chi connectivity index (χ0v) is 10.7. The van der Waals surface area contributed by atoms with E-state index in [1.165, 1.54) is 0 Å². The minimum atomic E-state index is 0.617. The highest BCUT2D eigenvalue weighted by molar-refractivity contribution is 7.71. The van der Waals surface area contributed by atoms with Crippen LogP contribution < -0.4 is 4.74 Å². The van der Waals surface area contributed by atoms with Crippen molar-refractivity contribution in [3.8, 4) is 17.0 Å². The Morgan fingerprint density at radius 2 is 2.00 bits per heavy atom. The smallest absolute Gasteiger partial charge is 0.130 e. The van der Waals surface area contributed by atoms with Crippen LogP contribution in [0.5, 0.6) is 5.75 Å². The second-order valence-corrected chi connectivity index (χ2v) is 4.08. The monoisotopic (exact) mass is 246 g/mol. The van der Waals surface area contributed by atoms with Crippen LogP contribution in [0.4, 0.5) is 0 Å². The second-order valence-electron chi connectivity index (χ2n) is 3.66. The molecule has 1 aromatic heterocycles. The number of methoxy groups -OCH3 is 1. The highest BCUT2D eigenvalue weighted by Gasteiger charge is 2.01. The number of aryl methyl sites for hydroxylation is 1. The fourth-order valence-corrected chi connectivity index (χ4v) is 1.83. The van der Waals surface area contributed by atoms with Gasteiger partial charge in [-0.3, -0.25) is 0 Å². The fraction of sp³-hybridized carbons (Fsp3) is 0.231. The van der Waals surface area contributed by atoms with Crippen molar-refractivity contribution in [2.45, 2.75) is 13.3 Å². The molecule has 0 fully saturated rings. The fourth-order valence-electron chi connectivity index (χ4n) is 1.60.